The van der Waals surface area contributed by atoms with Crippen molar-refractivity contribution in [3.63, 3.8) is 0 Å². The van der Waals surface area contributed by atoms with E-state index in [1.165, 1.54) is 11.8 Å². The van der Waals surface area contributed by atoms with Crippen LogP contribution in [0.2, 0.25) is 0 Å². The number of hydrogen-bond acceptors (Lipinski definition) is 5. The SMILES string of the molecule is CC(N)SC[C@H](NC(=O)OC(C)(C)C)C(=O)O. The van der Waals surface area contributed by atoms with Gasteiger partial charge in [-0.05, 0) is 27.7 Å². The van der Waals surface area contributed by atoms with Crippen molar-refractivity contribution in [2.24, 2.45) is 5.73 Å². The molecule has 0 aromatic carbocycles. The van der Waals surface area contributed by atoms with Crippen molar-refractivity contribution < 1.29 is 19.4 Å². The van der Waals surface area contributed by atoms with Gasteiger partial charge in [0, 0.05) is 11.1 Å². The highest BCUT2D eigenvalue weighted by Crippen LogP contribution is 2.09. The molecule has 2 atom stereocenters. The lowest BCUT2D eigenvalue weighted by Gasteiger charge is -2.22. The first-order valence-corrected chi connectivity index (χ1v) is 6.26. The van der Waals surface area contributed by atoms with Gasteiger partial charge in [0.2, 0.25) is 0 Å². The average molecular weight is 264 g/mol. The molecule has 7 heteroatoms. The first kappa shape index (κ1) is 16.1. The fourth-order valence-electron chi connectivity index (χ4n) is 0.873. The van der Waals surface area contributed by atoms with Gasteiger partial charge in [-0.15, -0.1) is 11.8 Å². The van der Waals surface area contributed by atoms with Crippen LogP contribution in [0.3, 0.4) is 0 Å². The number of nitrogens with two attached hydrogens (primary N) is 1. The molecule has 6 nitrogen and oxygen atoms in total. The Labute approximate surface area is 105 Å². The van der Waals surface area contributed by atoms with E-state index in [9.17, 15) is 9.59 Å². The number of amides is 1. The molecule has 17 heavy (non-hydrogen) atoms. The van der Waals surface area contributed by atoms with E-state index in [-0.39, 0.29) is 11.1 Å². The van der Waals surface area contributed by atoms with E-state index in [1.54, 1.807) is 27.7 Å². The summed E-state index contributed by atoms with van der Waals surface area (Å²) in [6.07, 6.45) is -0.741. The van der Waals surface area contributed by atoms with Crippen molar-refractivity contribution in [1.29, 1.82) is 0 Å². The van der Waals surface area contributed by atoms with Crippen LogP contribution in [0.5, 0.6) is 0 Å². The fourth-order valence-corrected chi connectivity index (χ4v) is 1.59. The molecule has 0 saturated carbocycles. The summed E-state index contributed by atoms with van der Waals surface area (Å²) in [5.41, 5.74) is 4.85. The highest BCUT2D eigenvalue weighted by molar-refractivity contribution is 7.99. The number of carboxylic acid groups (broad SMARTS) is 1. The van der Waals surface area contributed by atoms with Crippen molar-refractivity contribution >= 4 is 23.8 Å². The van der Waals surface area contributed by atoms with Crippen LogP contribution in [0, 0.1) is 0 Å². The second-order valence-electron chi connectivity index (χ2n) is 4.58. The third kappa shape index (κ3) is 8.82. The third-order valence-corrected chi connectivity index (χ3v) is 2.57. The monoisotopic (exact) mass is 264 g/mol. The van der Waals surface area contributed by atoms with Crippen molar-refractivity contribution in [3.8, 4) is 0 Å². The molecule has 0 bridgehead atoms. The van der Waals surface area contributed by atoms with E-state index >= 15 is 0 Å². The average Bonchev–Trinajstić information content (AvgIpc) is 2.08. The molecule has 0 fully saturated rings. The number of alkyl carbamates (subject to hydrolysis) is 1. The number of aliphatic carboxylic acids is 1. The molecule has 1 amide bonds. The summed E-state index contributed by atoms with van der Waals surface area (Å²) < 4.78 is 4.97. The van der Waals surface area contributed by atoms with Gasteiger partial charge in [-0.2, -0.15) is 0 Å². The van der Waals surface area contributed by atoms with E-state index in [2.05, 4.69) is 5.32 Å². The molecule has 1 unspecified atom stereocenters. The first-order chi connectivity index (χ1) is 7.61. The van der Waals surface area contributed by atoms with Gasteiger partial charge in [0.05, 0.1) is 0 Å². The normalized spacial score (nSPS) is 14.9. The highest BCUT2D eigenvalue weighted by Gasteiger charge is 2.24. The Balaban J connectivity index is 4.26. The lowest BCUT2D eigenvalue weighted by molar-refractivity contribution is -0.138. The second-order valence-corrected chi connectivity index (χ2v) is 5.99. The predicted octanol–water partition coefficient (Wildman–Crippen LogP) is 1.00. The Morgan fingerprint density at radius 2 is 2.00 bits per heavy atom. The van der Waals surface area contributed by atoms with Crippen molar-refractivity contribution in [3.05, 3.63) is 0 Å². The minimum Gasteiger partial charge on any atom is -0.480 e. The van der Waals surface area contributed by atoms with Crippen LogP contribution in [-0.2, 0) is 9.53 Å². The smallest absolute Gasteiger partial charge is 0.408 e. The second kappa shape index (κ2) is 6.70. The van der Waals surface area contributed by atoms with E-state index < -0.39 is 23.7 Å². The van der Waals surface area contributed by atoms with E-state index in [0.717, 1.165) is 0 Å². The molecule has 0 aromatic heterocycles. The lowest BCUT2D eigenvalue weighted by atomic mass is 10.2. The van der Waals surface area contributed by atoms with Crippen LogP contribution >= 0.6 is 11.8 Å². The zero-order valence-electron chi connectivity index (χ0n) is 10.5. The molecule has 0 rings (SSSR count). The number of nitrogens with one attached hydrogen (secondary N) is 1. The van der Waals surface area contributed by atoms with Gasteiger partial charge >= 0.3 is 12.1 Å². The number of rotatable bonds is 5. The summed E-state index contributed by atoms with van der Waals surface area (Å²) in [4.78, 5) is 22.3. The van der Waals surface area contributed by atoms with E-state index in [1.807, 2.05) is 0 Å². The number of hydrogen-bond donors (Lipinski definition) is 3. The van der Waals surface area contributed by atoms with Crippen LogP contribution in [0.15, 0.2) is 0 Å². The molecule has 0 radical (unpaired) electrons. The Morgan fingerprint density at radius 3 is 2.35 bits per heavy atom. The Kier molecular flexibility index (Phi) is 6.33. The van der Waals surface area contributed by atoms with Crippen molar-refractivity contribution in [2.45, 2.75) is 44.7 Å². The minimum atomic E-state index is -1.11. The number of carboxylic acids is 1. The number of ether oxygens (including phenoxy) is 1. The molecular formula is C10H20N2O4S. The minimum absolute atomic E-state index is 0.183. The maximum absolute atomic E-state index is 11.4. The topological polar surface area (TPSA) is 102 Å². The third-order valence-electron chi connectivity index (χ3n) is 1.51. The number of carbonyl (C=O) groups is 2. The molecule has 0 aliphatic carbocycles. The first-order valence-electron chi connectivity index (χ1n) is 5.21. The summed E-state index contributed by atoms with van der Waals surface area (Å²) >= 11 is 1.25. The van der Waals surface area contributed by atoms with Crippen molar-refractivity contribution in [1.82, 2.24) is 5.32 Å². The van der Waals surface area contributed by atoms with Gasteiger partial charge in [-0.25, -0.2) is 9.59 Å². The summed E-state index contributed by atoms with van der Waals surface area (Å²) in [6.45, 7) is 6.87. The van der Waals surface area contributed by atoms with Gasteiger partial charge < -0.3 is 20.9 Å². The molecule has 100 valence electrons. The maximum Gasteiger partial charge on any atom is 0.408 e. The van der Waals surface area contributed by atoms with Gasteiger partial charge in [-0.3, -0.25) is 0 Å². The van der Waals surface area contributed by atoms with Gasteiger partial charge in [-0.1, -0.05) is 0 Å². The molecule has 0 heterocycles. The number of thioether (sulfide) groups is 1. The van der Waals surface area contributed by atoms with Crippen molar-refractivity contribution in [2.75, 3.05) is 5.75 Å². The Bertz CT molecular complexity index is 276. The molecule has 0 spiro atoms. The highest BCUT2D eigenvalue weighted by atomic mass is 32.2. The van der Waals surface area contributed by atoms with Crippen LogP contribution in [0.25, 0.3) is 0 Å². The summed E-state index contributed by atoms with van der Waals surface area (Å²) in [5.74, 6) is -0.907. The Morgan fingerprint density at radius 1 is 1.47 bits per heavy atom. The lowest BCUT2D eigenvalue weighted by Crippen LogP contribution is -2.45. The van der Waals surface area contributed by atoms with Gasteiger partial charge in [0.15, 0.2) is 0 Å². The predicted molar refractivity (Wildman–Crippen MR) is 66.9 cm³/mol. The molecule has 0 saturated heterocycles. The largest absolute Gasteiger partial charge is 0.480 e. The van der Waals surface area contributed by atoms with Gasteiger partial charge in [0.1, 0.15) is 11.6 Å². The summed E-state index contributed by atoms with van der Waals surface area (Å²) in [7, 11) is 0. The molecule has 0 aliphatic rings. The van der Waals surface area contributed by atoms with Crippen LogP contribution in [0.1, 0.15) is 27.7 Å². The zero-order chi connectivity index (χ0) is 13.6. The quantitative estimate of drug-likeness (QED) is 0.640. The zero-order valence-corrected chi connectivity index (χ0v) is 11.3. The van der Waals surface area contributed by atoms with Crippen LogP contribution < -0.4 is 11.1 Å². The van der Waals surface area contributed by atoms with Gasteiger partial charge in [0.25, 0.3) is 0 Å². The summed E-state index contributed by atoms with van der Waals surface area (Å²) in [6, 6.07) is -0.999. The number of carbonyl (C=O) groups excluding carboxylic acids is 1. The van der Waals surface area contributed by atoms with Crippen LogP contribution in [0.4, 0.5) is 4.79 Å². The molecule has 0 aromatic rings. The maximum atomic E-state index is 11.4. The van der Waals surface area contributed by atoms with E-state index in [0.29, 0.717) is 0 Å². The Hall–Kier alpha value is -0.950. The fraction of sp³-hybridized carbons (Fsp3) is 0.800. The summed E-state index contributed by atoms with van der Waals surface area (Å²) in [5, 5.41) is 11.0. The van der Waals surface area contributed by atoms with E-state index in [4.69, 9.17) is 15.6 Å². The van der Waals surface area contributed by atoms with Crippen LogP contribution in [-0.4, -0.2) is 39.9 Å². The standard InChI is InChI=1S/C10H20N2O4S/c1-6(11)17-5-7(8(13)14)12-9(15)16-10(2,3)4/h6-7H,5,11H2,1-4H3,(H,12,15)(H,13,14)/t6?,7-/m0/s1. The molecule has 0 aliphatic heterocycles. The molecular weight excluding hydrogens is 244 g/mol. The molecule has 4 N–H and O–H groups in total.